The predicted octanol–water partition coefficient (Wildman–Crippen LogP) is 2.63. The quantitative estimate of drug-likeness (QED) is 0.911. The second kappa shape index (κ2) is 6.15. The number of anilines is 1. The number of hydrogen-bond acceptors (Lipinski definition) is 3. The van der Waals surface area contributed by atoms with Gasteiger partial charge in [-0.1, -0.05) is 19.1 Å². The normalized spacial score (nSPS) is 19.4. The van der Waals surface area contributed by atoms with Gasteiger partial charge in [0.1, 0.15) is 0 Å². The Morgan fingerprint density at radius 2 is 2.00 bits per heavy atom. The standard InChI is InChI=1S/C17H29N3/c1-6-18-12-15-7-8-16(14(2)11-15)20-10-9-19(5)17(3,4)13-20/h7-8,11,18H,6,9-10,12-13H2,1-5H3. The Labute approximate surface area is 124 Å². The molecule has 0 bridgehead atoms. The van der Waals surface area contributed by atoms with E-state index < -0.39 is 0 Å². The van der Waals surface area contributed by atoms with Crippen LogP contribution >= 0.6 is 0 Å². The molecular formula is C17H29N3. The number of nitrogens with zero attached hydrogens (tertiary/aromatic N) is 2. The molecule has 1 aliphatic heterocycles. The minimum Gasteiger partial charge on any atom is -0.368 e. The van der Waals surface area contributed by atoms with E-state index in [4.69, 9.17) is 0 Å². The lowest BCUT2D eigenvalue weighted by Crippen LogP contribution is -2.57. The maximum absolute atomic E-state index is 3.39. The molecule has 1 aromatic carbocycles. The molecule has 3 heteroatoms. The summed E-state index contributed by atoms with van der Waals surface area (Å²) in [6.07, 6.45) is 0. The minimum absolute atomic E-state index is 0.243. The number of hydrogen-bond donors (Lipinski definition) is 1. The molecule has 0 saturated carbocycles. The Kier molecular flexibility index (Phi) is 4.71. The van der Waals surface area contributed by atoms with Gasteiger partial charge in [0.2, 0.25) is 0 Å². The molecule has 1 aliphatic rings. The van der Waals surface area contributed by atoms with E-state index in [1.54, 1.807) is 0 Å². The van der Waals surface area contributed by atoms with Gasteiger partial charge in [-0.25, -0.2) is 0 Å². The molecule has 2 rings (SSSR count). The van der Waals surface area contributed by atoms with Crippen molar-refractivity contribution in [1.82, 2.24) is 10.2 Å². The fraction of sp³-hybridized carbons (Fsp3) is 0.647. The Bertz CT molecular complexity index is 454. The number of piperazine rings is 1. The molecule has 0 atom stereocenters. The van der Waals surface area contributed by atoms with Crippen LogP contribution in [0.25, 0.3) is 0 Å². The molecule has 3 nitrogen and oxygen atoms in total. The SMILES string of the molecule is CCNCc1ccc(N2CCN(C)C(C)(C)C2)c(C)c1. The van der Waals surface area contributed by atoms with Gasteiger partial charge in [-0.3, -0.25) is 4.90 Å². The number of aryl methyl sites for hydroxylation is 1. The van der Waals surface area contributed by atoms with E-state index in [1.165, 1.54) is 16.8 Å². The van der Waals surface area contributed by atoms with Crippen molar-refractivity contribution in [3.05, 3.63) is 29.3 Å². The van der Waals surface area contributed by atoms with Crippen molar-refractivity contribution in [2.75, 3.05) is 38.1 Å². The van der Waals surface area contributed by atoms with Crippen molar-refractivity contribution in [3.8, 4) is 0 Å². The summed E-state index contributed by atoms with van der Waals surface area (Å²) in [5, 5.41) is 3.39. The van der Waals surface area contributed by atoms with Gasteiger partial charge >= 0.3 is 0 Å². The van der Waals surface area contributed by atoms with E-state index in [9.17, 15) is 0 Å². The van der Waals surface area contributed by atoms with E-state index >= 15 is 0 Å². The van der Waals surface area contributed by atoms with Crippen LogP contribution in [0.1, 0.15) is 31.9 Å². The lowest BCUT2D eigenvalue weighted by atomic mass is 9.98. The predicted molar refractivity (Wildman–Crippen MR) is 87.5 cm³/mol. The van der Waals surface area contributed by atoms with Gasteiger partial charge in [0.25, 0.3) is 0 Å². The topological polar surface area (TPSA) is 18.5 Å². The van der Waals surface area contributed by atoms with Crippen molar-refractivity contribution in [1.29, 1.82) is 0 Å². The summed E-state index contributed by atoms with van der Waals surface area (Å²) in [6.45, 7) is 14.4. The zero-order valence-corrected chi connectivity index (χ0v) is 13.7. The highest BCUT2D eigenvalue weighted by molar-refractivity contribution is 5.55. The van der Waals surface area contributed by atoms with Gasteiger partial charge in [-0.05, 0) is 51.6 Å². The maximum atomic E-state index is 3.39. The van der Waals surface area contributed by atoms with Gasteiger partial charge in [-0.2, -0.15) is 0 Å². The monoisotopic (exact) mass is 275 g/mol. The van der Waals surface area contributed by atoms with Crippen LogP contribution in [0.2, 0.25) is 0 Å². The third kappa shape index (κ3) is 3.33. The van der Waals surface area contributed by atoms with Crippen molar-refractivity contribution in [3.63, 3.8) is 0 Å². The van der Waals surface area contributed by atoms with Gasteiger partial charge in [0, 0.05) is 37.4 Å². The molecule has 1 aromatic rings. The van der Waals surface area contributed by atoms with Gasteiger partial charge in [0.05, 0.1) is 0 Å². The molecule has 0 radical (unpaired) electrons. The largest absolute Gasteiger partial charge is 0.368 e. The van der Waals surface area contributed by atoms with Crippen LogP contribution in [0.3, 0.4) is 0 Å². The Morgan fingerprint density at radius 1 is 1.25 bits per heavy atom. The third-order valence-electron chi connectivity index (χ3n) is 4.50. The van der Waals surface area contributed by atoms with Crippen molar-refractivity contribution in [2.45, 2.75) is 39.8 Å². The zero-order valence-electron chi connectivity index (χ0n) is 13.7. The van der Waals surface area contributed by atoms with Gasteiger partial charge < -0.3 is 10.2 Å². The van der Waals surface area contributed by atoms with Crippen LogP contribution < -0.4 is 10.2 Å². The molecule has 0 unspecified atom stereocenters. The molecule has 0 aromatic heterocycles. The molecule has 1 N–H and O–H groups in total. The second-order valence-electron chi connectivity index (χ2n) is 6.56. The zero-order chi connectivity index (χ0) is 14.8. The maximum Gasteiger partial charge on any atom is 0.0397 e. The highest BCUT2D eigenvalue weighted by Gasteiger charge is 2.31. The summed E-state index contributed by atoms with van der Waals surface area (Å²) in [5.41, 5.74) is 4.40. The van der Waals surface area contributed by atoms with Crippen LogP contribution in [0.5, 0.6) is 0 Å². The molecule has 1 fully saturated rings. The molecule has 0 aliphatic carbocycles. The summed E-state index contributed by atoms with van der Waals surface area (Å²) in [6, 6.07) is 6.88. The van der Waals surface area contributed by atoms with Crippen LogP contribution in [-0.2, 0) is 6.54 Å². The average Bonchev–Trinajstić information content (AvgIpc) is 2.40. The van der Waals surface area contributed by atoms with Gasteiger partial charge in [-0.15, -0.1) is 0 Å². The van der Waals surface area contributed by atoms with E-state index in [-0.39, 0.29) is 5.54 Å². The number of benzene rings is 1. The number of rotatable bonds is 4. The molecular weight excluding hydrogens is 246 g/mol. The molecule has 1 heterocycles. The first kappa shape index (κ1) is 15.3. The lowest BCUT2D eigenvalue weighted by Gasteiger charge is -2.46. The molecule has 0 spiro atoms. The highest BCUT2D eigenvalue weighted by atomic mass is 15.3. The van der Waals surface area contributed by atoms with Gasteiger partial charge in [0.15, 0.2) is 0 Å². The van der Waals surface area contributed by atoms with Crippen LogP contribution in [0.15, 0.2) is 18.2 Å². The number of likely N-dealkylation sites (N-methyl/N-ethyl adjacent to an activating group) is 1. The first-order valence-electron chi connectivity index (χ1n) is 7.70. The molecule has 1 saturated heterocycles. The number of nitrogens with one attached hydrogen (secondary N) is 1. The Hall–Kier alpha value is -1.06. The Morgan fingerprint density at radius 3 is 2.60 bits per heavy atom. The van der Waals surface area contributed by atoms with Crippen LogP contribution in [0.4, 0.5) is 5.69 Å². The lowest BCUT2D eigenvalue weighted by molar-refractivity contribution is 0.139. The molecule has 20 heavy (non-hydrogen) atoms. The molecule has 0 amide bonds. The molecule has 112 valence electrons. The van der Waals surface area contributed by atoms with E-state index in [1.807, 2.05) is 0 Å². The van der Waals surface area contributed by atoms with Crippen LogP contribution in [0, 0.1) is 6.92 Å². The minimum atomic E-state index is 0.243. The first-order valence-corrected chi connectivity index (χ1v) is 7.70. The van der Waals surface area contributed by atoms with E-state index in [0.29, 0.717) is 0 Å². The summed E-state index contributed by atoms with van der Waals surface area (Å²) >= 11 is 0. The highest BCUT2D eigenvalue weighted by Crippen LogP contribution is 2.27. The Balaban J connectivity index is 2.13. The fourth-order valence-electron chi connectivity index (χ4n) is 2.90. The van der Waals surface area contributed by atoms with Crippen LogP contribution in [-0.4, -0.2) is 43.7 Å². The summed E-state index contributed by atoms with van der Waals surface area (Å²) in [5.74, 6) is 0. The van der Waals surface area contributed by atoms with E-state index in [0.717, 1.165) is 32.7 Å². The summed E-state index contributed by atoms with van der Waals surface area (Å²) in [4.78, 5) is 4.99. The second-order valence-corrected chi connectivity index (χ2v) is 6.56. The first-order chi connectivity index (χ1) is 9.44. The van der Waals surface area contributed by atoms with Crippen molar-refractivity contribution in [2.24, 2.45) is 0 Å². The van der Waals surface area contributed by atoms with Crippen molar-refractivity contribution < 1.29 is 0 Å². The summed E-state index contributed by atoms with van der Waals surface area (Å²) in [7, 11) is 2.23. The third-order valence-corrected chi connectivity index (χ3v) is 4.50. The van der Waals surface area contributed by atoms with E-state index in [2.05, 4.69) is 68.1 Å². The fourth-order valence-corrected chi connectivity index (χ4v) is 2.90. The average molecular weight is 275 g/mol. The van der Waals surface area contributed by atoms with Crippen molar-refractivity contribution >= 4 is 5.69 Å². The summed E-state index contributed by atoms with van der Waals surface area (Å²) < 4.78 is 0. The smallest absolute Gasteiger partial charge is 0.0397 e.